The first-order valence-electron chi connectivity index (χ1n) is 15.9. The van der Waals surface area contributed by atoms with E-state index in [1.54, 1.807) is 0 Å². The van der Waals surface area contributed by atoms with Crippen LogP contribution in [-0.2, 0) is 28.5 Å². The van der Waals surface area contributed by atoms with Gasteiger partial charge in [-0.1, -0.05) is 45.3 Å². The molecule has 2 saturated heterocycles. The van der Waals surface area contributed by atoms with Gasteiger partial charge in [0, 0.05) is 44.8 Å². The van der Waals surface area contributed by atoms with Crippen LogP contribution < -0.4 is 0 Å². The van der Waals surface area contributed by atoms with Crippen LogP contribution in [0.1, 0.15) is 110 Å². The highest BCUT2D eigenvalue weighted by atomic mass is 16.7. The minimum absolute atomic E-state index is 0.0829. The first-order valence-corrected chi connectivity index (χ1v) is 15.9. The molecule has 0 aromatic rings. The first kappa shape index (κ1) is 33.1. The van der Waals surface area contributed by atoms with E-state index in [0.717, 1.165) is 96.7 Å². The topological polar surface area (TPSA) is 83.5 Å². The average molecular weight is 563 g/mol. The monoisotopic (exact) mass is 562 g/mol. The predicted molar refractivity (Wildman–Crippen MR) is 155 cm³/mol. The SMILES string of the molecule is CCC#CCC(C)C(/C=C/[C@@H]1[C@@H](CCCCCCC(=O)OC)[C@@H](O)C[C@H]1OC1CCCCO1)OC1CCCCO1. The third kappa shape index (κ3) is 11.4. The highest BCUT2D eigenvalue weighted by molar-refractivity contribution is 5.68. The lowest BCUT2D eigenvalue weighted by Gasteiger charge is -2.31. The van der Waals surface area contributed by atoms with Crippen molar-refractivity contribution in [2.75, 3.05) is 20.3 Å². The summed E-state index contributed by atoms with van der Waals surface area (Å²) in [6.07, 6.45) is 17.2. The van der Waals surface area contributed by atoms with E-state index in [-0.39, 0.29) is 48.5 Å². The molecule has 0 aromatic carbocycles. The molecule has 0 bridgehead atoms. The van der Waals surface area contributed by atoms with Crippen molar-refractivity contribution in [2.24, 2.45) is 17.8 Å². The number of rotatable bonds is 15. The Kier molecular flexibility index (Phi) is 15.6. The highest BCUT2D eigenvalue weighted by Gasteiger charge is 2.43. The third-order valence-corrected chi connectivity index (χ3v) is 8.51. The number of hydrogen-bond acceptors (Lipinski definition) is 7. The van der Waals surface area contributed by atoms with Gasteiger partial charge in [-0.3, -0.25) is 4.79 Å². The van der Waals surface area contributed by atoms with E-state index in [0.29, 0.717) is 12.8 Å². The Bertz CT molecular complexity index is 790. The summed E-state index contributed by atoms with van der Waals surface area (Å²) < 4.78 is 29.6. The van der Waals surface area contributed by atoms with E-state index >= 15 is 0 Å². The quantitative estimate of drug-likeness (QED) is 0.108. The van der Waals surface area contributed by atoms with Crippen LogP contribution in [0.15, 0.2) is 12.2 Å². The van der Waals surface area contributed by atoms with E-state index in [2.05, 4.69) is 37.8 Å². The molecule has 3 fully saturated rings. The van der Waals surface area contributed by atoms with Gasteiger partial charge < -0.3 is 28.8 Å². The molecule has 0 amide bonds. The maximum absolute atomic E-state index is 11.4. The Morgan fingerprint density at radius 3 is 2.42 bits per heavy atom. The van der Waals surface area contributed by atoms with Gasteiger partial charge in [0.1, 0.15) is 0 Å². The summed E-state index contributed by atoms with van der Waals surface area (Å²) in [5, 5.41) is 11.2. The van der Waals surface area contributed by atoms with Crippen molar-refractivity contribution < 1.29 is 33.6 Å². The molecule has 2 heterocycles. The molecule has 0 spiro atoms. The summed E-state index contributed by atoms with van der Waals surface area (Å²) in [4.78, 5) is 11.4. The molecule has 0 aromatic heterocycles. The van der Waals surface area contributed by atoms with Crippen LogP contribution in [0.3, 0.4) is 0 Å². The van der Waals surface area contributed by atoms with Crippen LogP contribution in [0.4, 0.5) is 0 Å². The molecular weight excluding hydrogens is 508 g/mol. The normalized spacial score (nSPS) is 30.5. The van der Waals surface area contributed by atoms with E-state index in [9.17, 15) is 9.90 Å². The highest BCUT2D eigenvalue weighted by Crippen LogP contribution is 2.40. The second kappa shape index (κ2) is 18.9. The standard InChI is InChI=1S/C33H54O7/c1-4-5-8-15-25(2)29(39-32-18-11-13-22-37-32)21-20-27-26(16-9-6-7-10-17-31(35)36-3)28(34)24-30(27)40-33-19-12-14-23-38-33/h20-21,25-30,32-34H,4,6-7,9-19,22-24H2,1-3H3/b21-20+/t25?,26-,27-,28+,29?,30-,32?,33?/m1/s1. The van der Waals surface area contributed by atoms with Gasteiger partial charge in [-0.2, -0.15) is 0 Å². The maximum Gasteiger partial charge on any atom is 0.305 e. The molecule has 1 saturated carbocycles. The Balaban J connectivity index is 1.68. The van der Waals surface area contributed by atoms with Crippen molar-refractivity contribution in [1.82, 2.24) is 0 Å². The van der Waals surface area contributed by atoms with Crippen LogP contribution in [0.25, 0.3) is 0 Å². The Morgan fingerprint density at radius 2 is 1.75 bits per heavy atom. The second-order valence-electron chi connectivity index (χ2n) is 11.7. The lowest BCUT2D eigenvalue weighted by molar-refractivity contribution is -0.193. The predicted octanol–water partition coefficient (Wildman–Crippen LogP) is 6.32. The zero-order chi connectivity index (χ0) is 28.6. The van der Waals surface area contributed by atoms with Crippen LogP contribution in [-0.4, -0.2) is 62.3 Å². The third-order valence-electron chi connectivity index (χ3n) is 8.51. The molecule has 4 unspecified atom stereocenters. The van der Waals surface area contributed by atoms with E-state index in [4.69, 9.17) is 23.7 Å². The van der Waals surface area contributed by atoms with Gasteiger partial charge in [-0.05, 0) is 63.2 Å². The van der Waals surface area contributed by atoms with Gasteiger partial charge in [-0.25, -0.2) is 0 Å². The fraction of sp³-hybridized carbons (Fsp3) is 0.848. The fourth-order valence-electron chi connectivity index (χ4n) is 6.09. The van der Waals surface area contributed by atoms with Gasteiger partial charge >= 0.3 is 5.97 Å². The number of hydrogen-bond donors (Lipinski definition) is 1. The molecule has 40 heavy (non-hydrogen) atoms. The largest absolute Gasteiger partial charge is 0.469 e. The second-order valence-corrected chi connectivity index (χ2v) is 11.7. The molecule has 1 N–H and O–H groups in total. The molecule has 8 atom stereocenters. The number of ether oxygens (including phenoxy) is 5. The van der Waals surface area contributed by atoms with Gasteiger partial charge in [-0.15, -0.1) is 11.8 Å². The molecular formula is C33H54O7. The number of aliphatic hydroxyl groups is 1. The van der Waals surface area contributed by atoms with Crippen molar-refractivity contribution in [3.63, 3.8) is 0 Å². The molecule has 7 heteroatoms. The smallest absolute Gasteiger partial charge is 0.305 e. The number of carbonyl (C=O) groups is 1. The molecule has 0 radical (unpaired) electrons. The van der Waals surface area contributed by atoms with Crippen LogP contribution in [0, 0.1) is 29.6 Å². The molecule has 1 aliphatic carbocycles. The van der Waals surface area contributed by atoms with Gasteiger partial charge in [0.25, 0.3) is 0 Å². The van der Waals surface area contributed by atoms with Crippen LogP contribution in [0.5, 0.6) is 0 Å². The van der Waals surface area contributed by atoms with Crippen molar-refractivity contribution >= 4 is 5.97 Å². The van der Waals surface area contributed by atoms with Crippen molar-refractivity contribution in [2.45, 2.75) is 141 Å². The fourth-order valence-corrected chi connectivity index (χ4v) is 6.09. The minimum Gasteiger partial charge on any atom is -0.469 e. The lowest BCUT2D eigenvalue weighted by Crippen LogP contribution is -2.32. The number of esters is 1. The Morgan fingerprint density at radius 1 is 1.02 bits per heavy atom. The van der Waals surface area contributed by atoms with Crippen LogP contribution >= 0.6 is 0 Å². The summed E-state index contributed by atoms with van der Waals surface area (Å²) >= 11 is 0. The van der Waals surface area contributed by atoms with Crippen molar-refractivity contribution in [3.8, 4) is 11.8 Å². The molecule has 228 valence electrons. The number of carbonyl (C=O) groups excluding carboxylic acids is 1. The molecule has 2 aliphatic heterocycles. The van der Waals surface area contributed by atoms with Crippen molar-refractivity contribution in [1.29, 1.82) is 0 Å². The maximum atomic E-state index is 11.4. The van der Waals surface area contributed by atoms with Gasteiger partial charge in [0.15, 0.2) is 12.6 Å². The summed E-state index contributed by atoms with van der Waals surface area (Å²) in [5.74, 6) is 6.77. The Labute approximate surface area is 242 Å². The van der Waals surface area contributed by atoms with E-state index < -0.39 is 6.10 Å². The molecule has 3 rings (SSSR count). The van der Waals surface area contributed by atoms with E-state index in [1.165, 1.54) is 7.11 Å². The summed E-state index contributed by atoms with van der Waals surface area (Å²) in [5.41, 5.74) is 0. The molecule has 3 aliphatic rings. The molecule has 7 nitrogen and oxygen atoms in total. The minimum atomic E-state index is -0.410. The summed E-state index contributed by atoms with van der Waals surface area (Å²) in [6, 6.07) is 0. The lowest BCUT2D eigenvalue weighted by atomic mass is 9.87. The summed E-state index contributed by atoms with van der Waals surface area (Å²) in [7, 11) is 1.44. The zero-order valence-corrected chi connectivity index (χ0v) is 25.2. The summed E-state index contributed by atoms with van der Waals surface area (Å²) in [6.45, 7) is 5.76. The van der Waals surface area contributed by atoms with E-state index in [1.807, 2.05) is 0 Å². The van der Waals surface area contributed by atoms with Crippen LogP contribution in [0.2, 0.25) is 0 Å². The van der Waals surface area contributed by atoms with Crippen molar-refractivity contribution in [3.05, 3.63) is 12.2 Å². The zero-order valence-electron chi connectivity index (χ0n) is 25.2. The van der Waals surface area contributed by atoms with Gasteiger partial charge in [0.2, 0.25) is 0 Å². The number of unbranched alkanes of at least 4 members (excludes halogenated alkanes) is 3. The first-order chi connectivity index (χ1) is 19.5. The van der Waals surface area contributed by atoms with Gasteiger partial charge in [0.05, 0.1) is 25.4 Å². The average Bonchev–Trinajstić information content (AvgIpc) is 3.26. The number of methoxy groups -OCH3 is 1. The number of aliphatic hydroxyl groups excluding tert-OH is 1. The Hall–Kier alpha value is -1.43.